The molecule has 0 radical (unpaired) electrons. The second kappa shape index (κ2) is 4.12. The van der Waals surface area contributed by atoms with Crippen LogP contribution in [-0.4, -0.2) is 9.97 Å². The van der Waals surface area contributed by atoms with Gasteiger partial charge in [-0.05, 0) is 17.3 Å². The first-order valence-electron chi connectivity index (χ1n) is 2.47. The Hall–Kier alpha value is -0.243. The van der Waals surface area contributed by atoms with Gasteiger partial charge in [0.1, 0.15) is 0 Å². The normalized spacial score (nSPS) is 10.7. The van der Waals surface area contributed by atoms with Crippen molar-refractivity contribution >= 4 is 11.6 Å². The summed E-state index contributed by atoms with van der Waals surface area (Å²) in [5.41, 5.74) is -1.16. The van der Waals surface area contributed by atoms with Gasteiger partial charge >= 0.3 is 25.0 Å². The van der Waals surface area contributed by atoms with Crippen molar-refractivity contribution in [2.75, 3.05) is 0 Å². The summed E-state index contributed by atoms with van der Waals surface area (Å²) in [6, 6.07) is 1.82. The molecule has 1 heterocycles. The van der Waals surface area contributed by atoms with Gasteiger partial charge in [-0.15, -0.1) is 6.20 Å². The minimum absolute atomic E-state index is 0. The summed E-state index contributed by atoms with van der Waals surface area (Å²) in [7, 11) is 0. The number of hydrogen-bond acceptors (Lipinski definition) is 2. The van der Waals surface area contributed by atoms with Crippen LogP contribution in [0.4, 0.5) is 13.2 Å². The summed E-state index contributed by atoms with van der Waals surface area (Å²) in [6.07, 6.45) is -3.68. The first-order valence-corrected chi connectivity index (χ1v) is 2.85. The zero-order chi connectivity index (χ0) is 8.48. The standard InChI is InChI=1S/C5HClF3N2.Li/c6-4-10-2-1-3(11-4)5(7,8)9;/h2H;/q-1;+1. The summed E-state index contributed by atoms with van der Waals surface area (Å²) in [5, 5.41) is -0.434. The van der Waals surface area contributed by atoms with Crippen molar-refractivity contribution < 1.29 is 32.0 Å². The van der Waals surface area contributed by atoms with Crippen molar-refractivity contribution in [1.82, 2.24) is 9.97 Å². The molecule has 0 aliphatic rings. The molecule has 0 spiro atoms. The topological polar surface area (TPSA) is 25.8 Å². The largest absolute Gasteiger partial charge is 1.00 e. The Kier molecular flexibility index (Phi) is 4.04. The second-order valence-corrected chi connectivity index (χ2v) is 1.97. The van der Waals surface area contributed by atoms with Crippen LogP contribution in [0.25, 0.3) is 0 Å². The molecule has 0 unspecified atom stereocenters. The molecule has 12 heavy (non-hydrogen) atoms. The molecule has 0 aliphatic heterocycles. The van der Waals surface area contributed by atoms with Crippen LogP contribution < -0.4 is 18.9 Å². The summed E-state index contributed by atoms with van der Waals surface area (Å²) in [6.45, 7) is 0. The minimum Gasteiger partial charge on any atom is -0.421 e. The van der Waals surface area contributed by atoms with Gasteiger partial charge in [0.05, 0.1) is 0 Å². The molecule has 0 bridgehead atoms. The summed E-state index contributed by atoms with van der Waals surface area (Å²) >= 11 is 5.11. The first-order chi connectivity index (χ1) is 5.00. The molecule has 2 nitrogen and oxygen atoms in total. The van der Waals surface area contributed by atoms with Crippen LogP contribution in [0, 0.1) is 6.07 Å². The molecular formula is C5HClF3LiN2. The fourth-order valence-electron chi connectivity index (χ4n) is 0.445. The molecule has 0 fully saturated rings. The predicted molar refractivity (Wildman–Crippen MR) is 30.9 cm³/mol. The van der Waals surface area contributed by atoms with Crippen LogP contribution in [0.5, 0.6) is 0 Å². The van der Waals surface area contributed by atoms with E-state index in [0.717, 1.165) is 6.20 Å². The Labute approximate surface area is 83.3 Å². The van der Waals surface area contributed by atoms with E-state index >= 15 is 0 Å². The number of alkyl halides is 3. The second-order valence-electron chi connectivity index (χ2n) is 1.63. The van der Waals surface area contributed by atoms with Gasteiger partial charge in [0.2, 0.25) is 5.28 Å². The van der Waals surface area contributed by atoms with Gasteiger partial charge in [-0.1, -0.05) is 0 Å². The van der Waals surface area contributed by atoms with E-state index < -0.39 is 17.2 Å². The Morgan fingerprint density at radius 2 is 2.00 bits per heavy atom. The summed E-state index contributed by atoms with van der Waals surface area (Å²) in [5.74, 6) is 0. The quantitative estimate of drug-likeness (QED) is 0.295. The Balaban J connectivity index is 0.00000121. The number of halogens is 4. The van der Waals surface area contributed by atoms with E-state index in [9.17, 15) is 13.2 Å². The fourth-order valence-corrected chi connectivity index (χ4v) is 0.579. The van der Waals surface area contributed by atoms with E-state index in [0.29, 0.717) is 0 Å². The molecule has 0 amide bonds. The number of hydrogen-bond donors (Lipinski definition) is 0. The molecule has 1 aromatic rings. The molecule has 1 rings (SSSR count). The van der Waals surface area contributed by atoms with Crippen molar-refractivity contribution in [2.24, 2.45) is 0 Å². The third kappa shape index (κ3) is 3.01. The van der Waals surface area contributed by atoms with Crippen molar-refractivity contribution in [2.45, 2.75) is 6.18 Å². The molecule has 7 heteroatoms. The predicted octanol–water partition coefficient (Wildman–Crippen LogP) is -1.05. The smallest absolute Gasteiger partial charge is 0.421 e. The van der Waals surface area contributed by atoms with Crippen LogP contribution in [0.15, 0.2) is 6.20 Å². The maximum Gasteiger partial charge on any atom is 1.00 e. The van der Waals surface area contributed by atoms with Crippen LogP contribution in [0.1, 0.15) is 5.69 Å². The van der Waals surface area contributed by atoms with Gasteiger partial charge in [0.25, 0.3) is 0 Å². The van der Waals surface area contributed by atoms with Crippen molar-refractivity contribution in [1.29, 1.82) is 0 Å². The molecule has 0 saturated heterocycles. The first kappa shape index (κ1) is 11.8. The van der Waals surface area contributed by atoms with Crippen molar-refractivity contribution in [3.8, 4) is 0 Å². The SMILES string of the molecule is FC(F)(F)c1[c-]cnc(Cl)n1.[Li+]. The van der Waals surface area contributed by atoms with Crippen LogP contribution >= 0.6 is 11.6 Å². The summed E-state index contributed by atoms with van der Waals surface area (Å²) < 4.78 is 35.4. The number of aromatic nitrogens is 2. The molecule has 1 aromatic heterocycles. The fraction of sp³-hybridized carbons (Fsp3) is 0.200. The Morgan fingerprint density at radius 1 is 1.42 bits per heavy atom. The van der Waals surface area contributed by atoms with E-state index in [1.807, 2.05) is 6.07 Å². The summed E-state index contributed by atoms with van der Waals surface area (Å²) in [4.78, 5) is 6.17. The molecule has 0 aliphatic carbocycles. The van der Waals surface area contributed by atoms with Crippen LogP contribution in [0.2, 0.25) is 5.28 Å². The van der Waals surface area contributed by atoms with Crippen molar-refractivity contribution in [3.63, 3.8) is 0 Å². The van der Waals surface area contributed by atoms with Gasteiger partial charge in [-0.25, -0.2) is 0 Å². The number of rotatable bonds is 0. The van der Waals surface area contributed by atoms with E-state index in [1.54, 1.807) is 0 Å². The average molecular weight is 188 g/mol. The van der Waals surface area contributed by atoms with E-state index in [4.69, 9.17) is 11.6 Å². The Morgan fingerprint density at radius 3 is 2.33 bits per heavy atom. The Bertz CT molecular complexity index is 265. The minimum atomic E-state index is -4.51. The zero-order valence-electron chi connectivity index (χ0n) is 5.98. The maximum atomic E-state index is 11.8. The van der Waals surface area contributed by atoms with E-state index in [-0.39, 0.29) is 18.9 Å². The van der Waals surface area contributed by atoms with Gasteiger partial charge in [0, 0.05) is 0 Å². The van der Waals surface area contributed by atoms with Crippen LogP contribution in [0.3, 0.4) is 0 Å². The molecule has 0 saturated carbocycles. The molecule has 0 aromatic carbocycles. The third-order valence-corrected chi connectivity index (χ3v) is 1.03. The van der Waals surface area contributed by atoms with Crippen LogP contribution in [-0.2, 0) is 6.18 Å². The molecular weight excluding hydrogens is 187 g/mol. The van der Waals surface area contributed by atoms with E-state index in [2.05, 4.69) is 9.97 Å². The van der Waals surface area contributed by atoms with Gasteiger partial charge in [-0.2, -0.15) is 13.2 Å². The zero-order valence-corrected chi connectivity index (χ0v) is 6.74. The van der Waals surface area contributed by atoms with Gasteiger partial charge in [0.15, 0.2) is 0 Å². The molecule has 60 valence electrons. The average Bonchev–Trinajstić information content (AvgIpc) is 1.86. The van der Waals surface area contributed by atoms with Gasteiger partial charge < -0.3 is 6.07 Å². The maximum absolute atomic E-state index is 11.8. The molecule has 0 N–H and O–H groups in total. The number of nitrogens with zero attached hydrogens (tertiary/aromatic N) is 2. The van der Waals surface area contributed by atoms with E-state index in [1.165, 1.54) is 0 Å². The third-order valence-electron chi connectivity index (χ3n) is 0.845. The molecule has 0 atom stereocenters. The van der Waals surface area contributed by atoms with Gasteiger partial charge in [-0.3, -0.25) is 9.97 Å². The van der Waals surface area contributed by atoms with Crippen molar-refractivity contribution in [3.05, 3.63) is 23.2 Å². The monoisotopic (exact) mass is 188 g/mol.